The van der Waals surface area contributed by atoms with Crippen LogP contribution in [0.15, 0.2) is 42.7 Å². The van der Waals surface area contributed by atoms with Crippen molar-refractivity contribution in [2.75, 3.05) is 33.3 Å². The van der Waals surface area contributed by atoms with Crippen molar-refractivity contribution < 1.29 is 9.53 Å². The van der Waals surface area contributed by atoms with E-state index in [-0.39, 0.29) is 5.91 Å². The molecule has 1 aromatic carbocycles. The Morgan fingerprint density at radius 1 is 1.26 bits per heavy atom. The van der Waals surface area contributed by atoms with Gasteiger partial charge in [0.05, 0.1) is 12.7 Å². The number of likely N-dealkylation sites (N-methyl/N-ethyl adjacent to an activating group) is 1. The van der Waals surface area contributed by atoms with Crippen LogP contribution in [0.25, 0.3) is 0 Å². The molecule has 1 atom stereocenters. The maximum atomic E-state index is 12.4. The van der Waals surface area contributed by atoms with Crippen molar-refractivity contribution in [2.45, 2.75) is 31.7 Å². The summed E-state index contributed by atoms with van der Waals surface area (Å²) in [6.45, 7) is 2.98. The first-order valence-electron chi connectivity index (χ1n) is 9.75. The Hall–Kier alpha value is -2.34. The third-order valence-corrected chi connectivity index (χ3v) is 5.28. The van der Waals surface area contributed by atoms with Crippen LogP contribution >= 0.6 is 0 Å². The van der Waals surface area contributed by atoms with Gasteiger partial charge in [-0.25, -0.2) is 0 Å². The van der Waals surface area contributed by atoms with Crippen molar-refractivity contribution in [3.05, 3.63) is 48.3 Å². The van der Waals surface area contributed by atoms with Gasteiger partial charge in [-0.2, -0.15) is 5.10 Å². The van der Waals surface area contributed by atoms with Gasteiger partial charge in [-0.05, 0) is 44.0 Å². The van der Waals surface area contributed by atoms with Crippen LogP contribution in [0.2, 0.25) is 0 Å². The molecule has 2 heterocycles. The zero-order valence-corrected chi connectivity index (χ0v) is 16.4. The number of amides is 1. The van der Waals surface area contributed by atoms with Crippen molar-refractivity contribution in [3.8, 4) is 5.75 Å². The number of nitrogens with zero attached hydrogens (tertiary/aromatic N) is 4. The molecule has 0 bridgehead atoms. The zero-order valence-electron chi connectivity index (χ0n) is 16.4. The van der Waals surface area contributed by atoms with Crippen molar-refractivity contribution in [1.29, 1.82) is 0 Å². The summed E-state index contributed by atoms with van der Waals surface area (Å²) in [5.74, 6) is 1.10. The van der Waals surface area contributed by atoms with E-state index in [1.54, 1.807) is 0 Å². The first kappa shape index (κ1) is 19.4. The molecule has 0 saturated carbocycles. The standard InChI is InChI=1S/C21H30N4O2/c1-23(12-10-18-16-22-24(2)17-18)19-8-9-21(26)25(13-11-19)14-15-27-20-6-4-3-5-7-20/h3-7,16-17,19H,8-15H2,1-2H3. The fourth-order valence-electron chi connectivity index (χ4n) is 3.58. The second-order valence-electron chi connectivity index (χ2n) is 7.28. The predicted octanol–water partition coefficient (Wildman–Crippen LogP) is 2.35. The molecule has 1 unspecified atom stereocenters. The van der Waals surface area contributed by atoms with E-state index in [4.69, 9.17) is 4.74 Å². The molecule has 2 aromatic rings. The number of para-hydroxylation sites is 1. The topological polar surface area (TPSA) is 50.6 Å². The quantitative estimate of drug-likeness (QED) is 0.716. The molecule has 1 aromatic heterocycles. The summed E-state index contributed by atoms with van der Waals surface area (Å²) in [4.78, 5) is 16.8. The number of hydrogen-bond donors (Lipinski definition) is 0. The average molecular weight is 370 g/mol. The van der Waals surface area contributed by atoms with Gasteiger partial charge < -0.3 is 14.5 Å². The molecule has 1 saturated heterocycles. The maximum Gasteiger partial charge on any atom is 0.222 e. The van der Waals surface area contributed by atoms with Gasteiger partial charge in [0, 0.05) is 38.8 Å². The van der Waals surface area contributed by atoms with Gasteiger partial charge in [0.15, 0.2) is 0 Å². The molecule has 1 fully saturated rings. The second kappa shape index (κ2) is 9.55. The Balaban J connectivity index is 1.43. The van der Waals surface area contributed by atoms with Crippen molar-refractivity contribution in [2.24, 2.45) is 7.05 Å². The number of carbonyl (C=O) groups excluding carboxylic acids is 1. The fourth-order valence-corrected chi connectivity index (χ4v) is 3.58. The monoisotopic (exact) mass is 370 g/mol. The fraction of sp³-hybridized carbons (Fsp3) is 0.524. The third kappa shape index (κ3) is 5.82. The van der Waals surface area contributed by atoms with Crippen LogP contribution in [0.4, 0.5) is 0 Å². The summed E-state index contributed by atoms with van der Waals surface area (Å²) in [5, 5.41) is 4.23. The summed E-state index contributed by atoms with van der Waals surface area (Å²) in [5.41, 5.74) is 1.26. The number of aryl methyl sites for hydroxylation is 1. The molecule has 1 aliphatic rings. The van der Waals surface area contributed by atoms with E-state index >= 15 is 0 Å². The van der Waals surface area contributed by atoms with Gasteiger partial charge in [-0.15, -0.1) is 0 Å². The normalized spacial score (nSPS) is 18.0. The predicted molar refractivity (Wildman–Crippen MR) is 106 cm³/mol. The summed E-state index contributed by atoms with van der Waals surface area (Å²) in [6.07, 6.45) is 7.55. The van der Waals surface area contributed by atoms with Crippen LogP contribution in [0.5, 0.6) is 5.75 Å². The number of hydrogen-bond acceptors (Lipinski definition) is 4. The van der Waals surface area contributed by atoms with Crippen molar-refractivity contribution in [1.82, 2.24) is 19.6 Å². The zero-order chi connectivity index (χ0) is 19.1. The van der Waals surface area contributed by atoms with E-state index in [1.165, 1.54) is 5.56 Å². The van der Waals surface area contributed by atoms with E-state index in [2.05, 4.69) is 23.2 Å². The minimum atomic E-state index is 0.245. The summed E-state index contributed by atoms with van der Waals surface area (Å²) >= 11 is 0. The Kier molecular flexibility index (Phi) is 6.87. The van der Waals surface area contributed by atoms with E-state index < -0.39 is 0 Å². The van der Waals surface area contributed by atoms with Gasteiger partial charge >= 0.3 is 0 Å². The number of ether oxygens (including phenoxy) is 1. The molecule has 0 N–H and O–H groups in total. The highest BCUT2D eigenvalue weighted by Gasteiger charge is 2.24. The Morgan fingerprint density at radius 2 is 2.07 bits per heavy atom. The van der Waals surface area contributed by atoms with Crippen molar-refractivity contribution >= 4 is 5.91 Å². The SMILES string of the molecule is CN(CCc1cnn(C)c1)C1CCC(=O)N(CCOc2ccccc2)CC1. The van der Waals surface area contributed by atoms with Crippen molar-refractivity contribution in [3.63, 3.8) is 0 Å². The number of benzene rings is 1. The molecule has 1 amide bonds. The molecule has 6 nitrogen and oxygen atoms in total. The number of aromatic nitrogens is 2. The Bertz CT molecular complexity index is 716. The summed E-state index contributed by atoms with van der Waals surface area (Å²) in [7, 11) is 4.11. The summed E-state index contributed by atoms with van der Waals surface area (Å²) in [6, 6.07) is 10.2. The second-order valence-corrected chi connectivity index (χ2v) is 7.28. The van der Waals surface area contributed by atoms with Crippen LogP contribution in [0.3, 0.4) is 0 Å². The highest BCUT2D eigenvalue weighted by molar-refractivity contribution is 5.76. The molecule has 0 spiro atoms. The highest BCUT2D eigenvalue weighted by atomic mass is 16.5. The lowest BCUT2D eigenvalue weighted by atomic mass is 10.1. The Labute approximate surface area is 161 Å². The minimum absolute atomic E-state index is 0.245. The first-order chi connectivity index (χ1) is 13.1. The smallest absolute Gasteiger partial charge is 0.222 e. The lowest BCUT2D eigenvalue weighted by molar-refractivity contribution is -0.131. The first-order valence-corrected chi connectivity index (χ1v) is 9.75. The highest BCUT2D eigenvalue weighted by Crippen LogP contribution is 2.17. The molecular weight excluding hydrogens is 340 g/mol. The van der Waals surface area contributed by atoms with Crippen LogP contribution in [-0.2, 0) is 18.3 Å². The molecule has 27 heavy (non-hydrogen) atoms. The van der Waals surface area contributed by atoms with E-state index in [9.17, 15) is 4.79 Å². The minimum Gasteiger partial charge on any atom is -0.492 e. The van der Waals surface area contributed by atoms with Crippen LogP contribution < -0.4 is 4.74 Å². The van der Waals surface area contributed by atoms with Gasteiger partial charge in [0.25, 0.3) is 0 Å². The van der Waals surface area contributed by atoms with Gasteiger partial charge in [0.1, 0.15) is 12.4 Å². The molecule has 6 heteroatoms. The molecule has 146 valence electrons. The van der Waals surface area contributed by atoms with Crippen LogP contribution in [-0.4, -0.2) is 64.8 Å². The van der Waals surface area contributed by atoms with E-state index in [0.29, 0.717) is 25.6 Å². The largest absolute Gasteiger partial charge is 0.492 e. The number of carbonyl (C=O) groups is 1. The molecule has 1 aliphatic heterocycles. The number of likely N-dealkylation sites (tertiary alicyclic amines) is 1. The van der Waals surface area contributed by atoms with Crippen LogP contribution in [0.1, 0.15) is 24.8 Å². The van der Waals surface area contributed by atoms with Gasteiger partial charge in [0.2, 0.25) is 5.91 Å². The third-order valence-electron chi connectivity index (χ3n) is 5.28. The lowest BCUT2D eigenvalue weighted by Gasteiger charge is -2.27. The summed E-state index contributed by atoms with van der Waals surface area (Å²) < 4.78 is 7.59. The number of rotatable bonds is 8. The van der Waals surface area contributed by atoms with Gasteiger partial charge in [-0.1, -0.05) is 18.2 Å². The average Bonchev–Trinajstić information content (AvgIpc) is 3.01. The van der Waals surface area contributed by atoms with Gasteiger partial charge in [-0.3, -0.25) is 9.48 Å². The Morgan fingerprint density at radius 3 is 2.81 bits per heavy atom. The maximum absolute atomic E-state index is 12.4. The lowest BCUT2D eigenvalue weighted by Crippen LogP contribution is -2.36. The van der Waals surface area contributed by atoms with Crippen LogP contribution in [0, 0.1) is 0 Å². The molecule has 3 rings (SSSR count). The molecule has 0 aliphatic carbocycles. The molecular formula is C21H30N4O2. The van der Waals surface area contributed by atoms with E-state index in [0.717, 1.165) is 38.1 Å². The molecule has 0 radical (unpaired) electrons. The van der Waals surface area contributed by atoms with E-state index in [1.807, 2.05) is 53.2 Å².